The average Bonchev–Trinajstić information content (AvgIpc) is 2.85. The molecule has 0 bridgehead atoms. The molecule has 0 amide bonds. The fraction of sp³-hybridized carbons (Fsp3) is 0.500. The van der Waals surface area contributed by atoms with Gasteiger partial charge < -0.3 is 10.2 Å². The molecule has 0 saturated carbocycles. The minimum absolute atomic E-state index is 0.573. The van der Waals surface area contributed by atoms with E-state index in [-0.39, 0.29) is 0 Å². The maximum atomic E-state index is 3.67. The van der Waals surface area contributed by atoms with Gasteiger partial charge >= 0.3 is 0 Å². The molecule has 1 saturated heterocycles. The molecule has 1 aliphatic heterocycles. The molecule has 1 unspecified atom stereocenters. The molecule has 1 N–H and O–H groups in total. The van der Waals surface area contributed by atoms with Crippen molar-refractivity contribution in [3.05, 3.63) is 29.6 Å². The highest BCUT2D eigenvalue weighted by molar-refractivity contribution is 7.17. The van der Waals surface area contributed by atoms with Gasteiger partial charge in [-0.25, -0.2) is 0 Å². The van der Waals surface area contributed by atoms with Crippen molar-refractivity contribution in [1.29, 1.82) is 0 Å². The van der Waals surface area contributed by atoms with Gasteiger partial charge in [0.1, 0.15) is 0 Å². The second-order valence-corrected chi connectivity index (χ2v) is 6.70. The molecule has 2 nitrogen and oxygen atoms in total. The highest BCUT2D eigenvalue weighted by Crippen LogP contribution is 2.27. The van der Waals surface area contributed by atoms with Crippen molar-refractivity contribution < 1.29 is 0 Å². The zero-order valence-electron chi connectivity index (χ0n) is 11.7. The fourth-order valence-corrected chi connectivity index (χ4v) is 3.74. The fourth-order valence-electron chi connectivity index (χ4n) is 2.97. The van der Waals surface area contributed by atoms with Crippen LogP contribution >= 0.6 is 11.3 Å². The zero-order valence-corrected chi connectivity index (χ0v) is 12.5. The number of nitrogens with zero attached hydrogens (tertiary/aromatic N) is 1. The van der Waals surface area contributed by atoms with Crippen LogP contribution in [0.1, 0.15) is 26.7 Å². The molecule has 0 aliphatic carbocycles. The van der Waals surface area contributed by atoms with E-state index in [0.29, 0.717) is 12.1 Å². The molecule has 1 aromatic heterocycles. The van der Waals surface area contributed by atoms with Crippen molar-refractivity contribution in [1.82, 2.24) is 5.32 Å². The van der Waals surface area contributed by atoms with Crippen LogP contribution in [-0.4, -0.2) is 25.2 Å². The van der Waals surface area contributed by atoms with Gasteiger partial charge in [-0.2, -0.15) is 0 Å². The van der Waals surface area contributed by atoms with E-state index in [4.69, 9.17) is 0 Å². The second kappa shape index (κ2) is 5.51. The Labute approximate surface area is 119 Å². The highest BCUT2D eigenvalue weighted by atomic mass is 32.1. The molecular formula is C16H22N2S. The SMILES string of the molecule is CC(C)NC1CCCN(c2ccc3sccc3c2)C1. The lowest BCUT2D eigenvalue weighted by atomic mass is 10.0. The van der Waals surface area contributed by atoms with E-state index < -0.39 is 0 Å². The summed E-state index contributed by atoms with van der Waals surface area (Å²) in [6.45, 7) is 6.78. The van der Waals surface area contributed by atoms with Crippen molar-refractivity contribution in [2.45, 2.75) is 38.8 Å². The largest absolute Gasteiger partial charge is 0.370 e. The van der Waals surface area contributed by atoms with Gasteiger partial charge in [0.05, 0.1) is 0 Å². The van der Waals surface area contributed by atoms with Gasteiger partial charge in [0.15, 0.2) is 0 Å². The Morgan fingerprint density at radius 1 is 1.32 bits per heavy atom. The third kappa shape index (κ3) is 2.93. The van der Waals surface area contributed by atoms with E-state index in [0.717, 1.165) is 6.54 Å². The Morgan fingerprint density at radius 3 is 3.05 bits per heavy atom. The summed E-state index contributed by atoms with van der Waals surface area (Å²) in [5.41, 5.74) is 1.38. The number of fused-ring (bicyclic) bond motifs is 1. The van der Waals surface area contributed by atoms with Crippen LogP contribution in [0.25, 0.3) is 10.1 Å². The highest BCUT2D eigenvalue weighted by Gasteiger charge is 2.20. The van der Waals surface area contributed by atoms with Crippen LogP contribution in [-0.2, 0) is 0 Å². The van der Waals surface area contributed by atoms with Crippen LogP contribution in [0.5, 0.6) is 0 Å². The minimum atomic E-state index is 0.573. The van der Waals surface area contributed by atoms with Crippen LogP contribution in [0.15, 0.2) is 29.6 Å². The lowest BCUT2D eigenvalue weighted by Gasteiger charge is -2.35. The second-order valence-electron chi connectivity index (χ2n) is 5.75. The summed E-state index contributed by atoms with van der Waals surface area (Å²) in [6, 6.07) is 10.3. The summed E-state index contributed by atoms with van der Waals surface area (Å²) in [6.07, 6.45) is 2.58. The molecular weight excluding hydrogens is 252 g/mol. The Bertz CT molecular complexity index is 546. The van der Waals surface area contributed by atoms with E-state index in [1.54, 1.807) is 0 Å². The molecule has 1 aromatic carbocycles. The topological polar surface area (TPSA) is 15.3 Å². The van der Waals surface area contributed by atoms with Gasteiger partial charge in [-0.1, -0.05) is 13.8 Å². The Hall–Kier alpha value is -1.06. The first-order valence-electron chi connectivity index (χ1n) is 7.20. The number of piperidine rings is 1. The van der Waals surface area contributed by atoms with Gasteiger partial charge in [0, 0.05) is 35.6 Å². The Kier molecular flexibility index (Phi) is 3.76. The van der Waals surface area contributed by atoms with E-state index >= 15 is 0 Å². The third-order valence-electron chi connectivity index (χ3n) is 3.79. The number of anilines is 1. The first kappa shape index (κ1) is 12.9. The monoisotopic (exact) mass is 274 g/mol. The zero-order chi connectivity index (χ0) is 13.2. The summed E-state index contributed by atoms with van der Waals surface area (Å²) >= 11 is 1.82. The van der Waals surface area contributed by atoms with Gasteiger partial charge in [-0.05, 0) is 47.9 Å². The van der Waals surface area contributed by atoms with Crippen LogP contribution in [0, 0.1) is 0 Å². The van der Waals surface area contributed by atoms with Crippen molar-refractivity contribution in [2.24, 2.45) is 0 Å². The van der Waals surface area contributed by atoms with Crippen LogP contribution < -0.4 is 10.2 Å². The summed E-state index contributed by atoms with van der Waals surface area (Å²) in [5.74, 6) is 0. The van der Waals surface area contributed by atoms with Crippen LogP contribution in [0.3, 0.4) is 0 Å². The number of nitrogens with one attached hydrogen (secondary N) is 1. The third-order valence-corrected chi connectivity index (χ3v) is 4.69. The van der Waals surface area contributed by atoms with Gasteiger partial charge in [-0.3, -0.25) is 0 Å². The number of hydrogen-bond acceptors (Lipinski definition) is 3. The molecule has 102 valence electrons. The van der Waals surface area contributed by atoms with E-state index in [9.17, 15) is 0 Å². The van der Waals surface area contributed by atoms with Crippen molar-refractivity contribution in [3.8, 4) is 0 Å². The Balaban J connectivity index is 1.76. The molecule has 0 radical (unpaired) electrons. The average molecular weight is 274 g/mol. The standard InChI is InChI=1S/C16H22N2S/c1-12(2)17-14-4-3-8-18(11-14)15-5-6-16-13(10-15)7-9-19-16/h5-7,9-10,12,14,17H,3-4,8,11H2,1-2H3. The summed E-state index contributed by atoms with van der Waals surface area (Å²) in [4.78, 5) is 2.53. The molecule has 0 spiro atoms. The van der Waals surface area contributed by atoms with Gasteiger partial charge in [-0.15, -0.1) is 11.3 Å². The molecule has 19 heavy (non-hydrogen) atoms. The number of thiophene rings is 1. The molecule has 3 rings (SSSR count). The smallest absolute Gasteiger partial charge is 0.0373 e. The normalized spacial score (nSPS) is 20.4. The predicted molar refractivity (Wildman–Crippen MR) is 85.3 cm³/mol. The maximum absolute atomic E-state index is 3.67. The predicted octanol–water partition coefficient (Wildman–Crippen LogP) is 3.87. The molecule has 1 atom stereocenters. The maximum Gasteiger partial charge on any atom is 0.0373 e. The first-order valence-corrected chi connectivity index (χ1v) is 8.08. The van der Waals surface area contributed by atoms with E-state index in [1.165, 1.54) is 35.2 Å². The van der Waals surface area contributed by atoms with Gasteiger partial charge in [0.2, 0.25) is 0 Å². The summed E-state index contributed by atoms with van der Waals surface area (Å²) < 4.78 is 1.39. The van der Waals surface area contributed by atoms with Crippen molar-refractivity contribution >= 4 is 27.1 Å². The number of hydrogen-bond donors (Lipinski definition) is 1. The quantitative estimate of drug-likeness (QED) is 0.914. The molecule has 2 aromatic rings. The van der Waals surface area contributed by atoms with E-state index in [2.05, 4.69) is 53.7 Å². The van der Waals surface area contributed by atoms with E-state index in [1.807, 2.05) is 11.3 Å². The molecule has 2 heterocycles. The number of benzene rings is 1. The summed E-state index contributed by atoms with van der Waals surface area (Å²) in [7, 11) is 0. The minimum Gasteiger partial charge on any atom is -0.370 e. The van der Waals surface area contributed by atoms with Crippen LogP contribution in [0.4, 0.5) is 5.69 Å². The van der Waals surface area contributed by atoms with Crippen molar-refractivity contribution in [2.75, 3.05) is 18.0 Å². The van der Waals surface area contributed by atoms with Gasteiger partial charge in [0.25, 0.3) is 0 Å². The van der Waals surface area contributed by atoms with Crippen molar-refractivity contribution in [3.63, 3.8) is 0 Å². The summed E-state index contributed by atoms with van der Waals surface area (Å²) in [5, 5.41) is 7.22. The number of rotatable bonds is 3. The van der Waals surface area contributed by atoms with Crippen LogP contribution in [0.2, 0.25) is 0 Å². The first-order chi connectivity index (χ1) is 9.22. The molecule has 3 heteroatoms. The Morgan fingerprint density at radius 2 is 2.21 bits per heavy atom. The molecule has 1 fully saturated rings. The molecule has 1 aliphatic rings. The lowest BCUT2D eigenvalue weighted by Crippen LogP contribution is -2.47. The lowest BCUT2D eigenvalue weighted by molar-refractivity contribution is 0.395.